The van der Waals surface area contributed by atoms with Crippen LogP contribution < -0.4 is 4.72 Å². The third-order valence-corrected chi connectivity index (χ3v) is 2.84. The first kappa shape index (κ1) is 5.73. The number of sulfonamides is 1. The molecule has 1 aromatic rings. The summed E-state index contributed by atoms with van der Waals surface area (Å²) in [6, 6.07) is 6.81. The van der Waals surface area contributed by atoms with Gasteiger partial charge in [0.2, 0.25) is 0 Å². The number of hydrogen-bond donors (Lipinski definition) is 1. The van der Waals surface area contributed by atoms with Crippen molar-refractivity contribution < 1.29 is 8.42 Å². The lowest BCUT2D eigenvalue weighted by Gasteiger charge is -2.19. The van der Waals surface area contributed by atoms with E-state index in [2.05, 4.69) is 4.72 Å². The van der Waals surface area contributed by atoms with Gasteiger partial charge in [-0.2, -0.15) is 0 Å². The van der Waals surface area contributed by atoms with E-state index < -0.39 is 10.0 Å². The van der Waals surface area contributed by atoms with E-state index in [1.54, 1.807) is 24.3 Å². The number of hydrogen-bond acceptors (Lipinski definition) is 2. The fourth-order valence-corrected chi connectivity index (χ4v) is 2.03. The highest BCUT2D eigenvalue weighted by Crippen LogP contribution is 2.31. The number of fused-ring (bicyclic) bond motifs is 1. The Morgan fingerprint density at radius 2 is 1.90 bits per heavy atom. The molecule has 52 valence electrons. The molecule has 1 aromatic carbocycles. The molecule has 0 spiro atoms. The summed E-state index contributed by atoms with van der Waals surface area (Å²) in [5, 5.41) is 0. The molecule has 0 saturated carbocycles. The van der Waals surface area contributed by atoms with E-state index in [-0.39, 0.29) is 0 Å². The Balaban J connectivity index is 2.75. The quantitative estimate of drug-likeness (QED) is 0.602. The summed E-state index contributed by atoms with van der Waals surface area (Å²) in [5.41, 5.74) is 0.697. The smallest absolute Gasteiger partial charge is 0.264 e. The molecule has 0 aromatic heterocycles. The van der Waals surface area contributed by atoms with Crippen LogP contribution in [0.25, 0.3) is 0 Å². The molecular formula is C6H5NO2S. The number of benzene rings is 1. The van der Waals surface area contributed by atoms with Gasteiger partial charge in [0, 0.05) is 0 Å². The number of nitrogens with one attached hydrogen (secondary N) is 1. The van der Waals surface area contributed by atoms with Crippen molar-refractivity contribution in [3.05, 3.63) is 24.3 Å². The maximum Gasteiger partial charge on any atom is 0.264 e. The van der Waals surface area contributed by atoms with Crippen LogP contribution in [0.15, 0.2) is 29.2 Å². The predicted octanol–water partition coefficient (Wildman–Crippen LogP) is 0.801. The monoisotopic (exact) mass is 155 g/mol. The van der Waals surface area contributed by atoms with Crippen molar-refractivity contribution >= 4 is 15.7 Å². The van der Waals surface area contributed by atoms with Gasteiger partial charge >= 0.3 is 0 Å². The summed E-state index contributed by atoms with van der Waals surface area (Å²) >= 11 is 0. The van der Waals surface area contributed by atoms with E-state index in [0.717, 1.165) is 0 Å². The molecule has 3 nitrogen and oxygen atoms in total. The highest BCUT2D eigenvalue weighted by molar-refractivity contribution is 7.94. The van der Waals surface area contributed by atoms with E-state index in [1.165, 1.54) is 0 Å². The third-order valence-electron chi connectivity index (χ3n) is 1.42. The van der Waals surface area contributed by atoms with Crippen LogP contribution in [0.1, 0.15) is 0 Å². The van der Waals surface area contributed by atoms with Gasteiger partial charge in [-0.25, -0.2) is 8.42 Å². The second-order valence-electron chi connectivity index (χ2n) is 2.10. The summed E-state index contributed by atoms with van der Waals surface area (Å²) in [7, 11) is -3.09. The first-order valence-corrected chi connectivity index (χ1v) is 4.30. The minimum atomic E-state index is -3.09. The second kappa shape index (κ2) is 1.52. The molecule has 10 heavy (non-hydrogen) atoms. The van der Waals surface area contributed by atoms with E-state index in [0.29, 0.717) is 10.6 Å². The van der Waals surface area contributed by atoms with Gasteiger partial charge in [0.05, 0.1) is 5.69 Å². The molecule has 0 atom stereocenters. The van der Waals surface area contributed by atoms with Crippen LogP contribution in [0.5, 0.6) is 0 Å². The summed E-state index contributed by atoms with van der Waals surface area (Å²) in [5.74, 6) is 0. The standard InChI is InChI=1S/C6H5NO2S/c8-10(9)6-4-2-1-3-5(6)7-10/h1-4,7H. The predicted molar refractivity (Wildman–Crippen MR) is 37.3 cm³/mol. The van der Waals surface area contributed by atoms with Gasteiger partial charge in [-0.1, -0.05) is 12.1 Å². The van der Waals surface area contributed by atoms with Gasteiger partial charge in [-0.3, -0.25) is 4.72 Å². The minimum absolute atomic E-state index is 0.398. The van der Waals surface area contributed by atoms with Crippen molar-refractivity contribution in [1.82, 2.24) is 0 Å². The van der Waals surface area contributed by atoms with Gasteiger partial charge in [0.25, 0.3) is 10.0 Å². The first-order chi connectivity index (χ1) is 4.70. The SMILES string of the molecule is O=S1(=O)Nc2ccccc21. The Kier molecular flexibility index (Phi) is 0.870. The Hall–Kier alpha value is -1.03. The lowest BCUT2D eigenvalue weighted by molar-refractivity contribution is 0.597. The normalized spacial score (nSPS) is 18.4. The highest BCUT2D eigenvalue weighted by Gasteiger charge is 2.28. The van der Waals surface area contributed by atoms with E-state index >= 15 is 0 Å². The van der Waals surface area contributed by atoms with E-state index in [9.17, 15) is 8.42 Å². The summed E-state index contributed by atoms with van der Waals surface area (Å²) < 4.78 is 23.9. The van der Waals surface area contributed by atoms with Crippen LogP contribution in [-0.4, -0.2) is 8.42 Å². The van der Waals surface area contributed by atoms with Gasteiger partial charge in [-0.05, 0) is 12.1 Å². The summed E-state index contributed by atoms with van der Waals surface area (Å²) in [4.78, 5) is 0.398. The van der Waals surface area contributed by atoms with Crippen molar-refractivity contribution in [3.8, 4) is 0 Å². The number of rotatable bonds is 0. The highest BCUT2D eigenvalue weighted by atomic mass is 32.2. The van der Waals surface area contributed by atoms with Crippen molar-refractivity contribution in [2.24, 2.45) is 0 Å². The van der Waals surface area contributed by atoms with Crippen molar-refractivity contribution in [1.29, 1.82) is 0 Å². The maximum absolute atomic E-state index is 10.8. The Morgan fingerprint density at radius 3 is 2.40 bits per heavy atom. The van der Waals surface area contributed by atoms with Crippen LogP contribution in [0, 0.1) is 0 Å². The Morgan fingerprint density at radius 1 is 1.20 bits per heavy atom. The fourth-order valence-electron chi connectivity index (χ4n) is 0.939. The molecule has 1 heterocycles. The van der Waals surface area contributed by atoms with Crippen LogP contribution in [0.3, 0.4) is 0 Å². The van der Waals surface area contributed by atoms with Crippen LogP contribution in [0.4, 0.5) is 5.69 Å². The molecule has 1 N–H and O–H groups in total. The molecule has 2 rings (SSSR count). The summed E-state index contributed by atoms with van der Waals surface area (Å²) in [6.45, 7) is 0. The largest absolute Gasteiger partial charge is 0.278 e. The molecule has 0 fully saturated rings. The Labute approximate surface area is 58.7 Å². The molecule has 0 bridgehead atoms. The summed E-state index contributed by atoms with van der Waals surface area (Å²) in [6.07, 6.45) is 0. The van der Waals surface area contributed by atoms with Gasteiger partial charge in [0.1, 0.15) is 4.90 Å². The molecule has 0 amide bonds. The lowest BCUT2D eigenvalue weighted by Crippen LogP contribution is -2.24. The average molecular weight is 155 g/mol. The minimum Gasteiger partial charge on any atom is -0.278 e. The van der Waals surface area contributed by atoms with Gasteiger partial charge in [-0.15, -0.1) is 0 Å². The molecule has 1 aliphatic heterocycles. The van der Waals surface area contributed by atoms with Crippen LogP contribution in [0.2, 0.25) is 0 Å². The average Bonchev–Trinajstić information content (AvgIpc) is 1.86. The molecule has 4 heteroatoms. The van der Waals surface area contributed by atoms with E-state index in [4.69, 9.17) is 0 Å². The zero-order chi connectivity index (χ0) is 7.19. The fraction of sp³-hybridized carbons (Fsp3) is 0. The zero-order valence-corrected chi connectivity index (χ0v) is 5.85. The number of anilines is 1. The molecule has 0 radical (unpaired) electrons. The Bertz CT molecular complexity index is 369. The van der Waals surface area contributed by atoms with Gasteiger partial charge in [0.15, 0.2) is 0 Å². The molecule has 0 saturated heterocycles. The molecular weight excluding hydrogens is 150 g/mol. The van der Waals surface area contributed by atoms with Crippen molar-refractivity contribution in [2.75, 3.05) is 4.72 Å². The molecule has 0 aliphatic carbocycles. The lowest BCUT2D eigenvalue weighted by atomic mass is 10.3. The molecule has 1 aliphatic rings. The van der Waals surface area contributed by atoms with Crippen molar-refractivity contribution in [2.45, 2.75) is 4.90 Å². The van der Waals surface area contributed by atoms with Gasteiger partial charge < -0.3 is 0 Å². The number of para-hydroxylation sites is 1. The first-order valence-electron chi connectivity index (χ1n) is 2.82. The zero-order valence-electron chi connectivity index (χ0n) is 5.03. The maximum atomic E-state index is 10.8. The molecule has 0 unspecified atom stereocenters. The topological polar surface area (TPSA) is 46.2 Å². The second-order valence-corrected chi connectivity index (χ2v) is 3.75. The van der Waals surface area contributed by atoms with Crippen LogP contribution in [-0.2, 0) is 10.0 Å². The van der Waals surface area contributed by atoms with E-state index in [1.807, 2.05) is 0 Å². The third kappa shape index (κ3) is 0.565. The van der Waals surface area contributed by atoms with Crippen LogP contribution >= 0.6 is 0 Å². The van der Waals surface area contributed by atoms with Crippen molar-refractivity contribution in [3.63, 3.8) is 0 Å².